The Morgan fingerprint density at radius 2 is 1.33 bits per heavy atom. The summed E-state index contributed by atoms with van der Waals surface area (Å²) in [5.74, 6) is -3.85. The fourth-order valence-corrected chi connectivity index (χ4v) is 6.22. The quantitative estimate of drug-likeness (QED) is 0.294. The maximum Gasteiger partial charge on any atom is 0.342 e. The number of amides is 3. The minimum Gasteiger partial charge on any atom is -0.480 e. The molecule has 2 aliphatic rings. The lowest BCUT2D eigenvalue weighted by molar-refractivity contribution is -0.164. The van der Waals surface area contributed by atoms with Crippen LogP contribution < -0.4 is 10.2 Å². The lowest BCUT2D eigenvalue weighted by atomic mass is 9.93. The van der Waals surface area contributed by atoms with Gasteiger partial charge in [0.25, 0.3) is 5.91 Å². The van der Waals surface area contributed by atoms with Crippen LogP contribution in [0.15, 0.2) is 60.7 Å². The van der Waals surface area contributed by atoms with Gasteiger partial charge >= 0.3 is 11.9 Å². The number of benzene rings is 2. The molecule has 248 valence electrons. The SMILES string of the molecule is CC(C)[C@H](NC(=O)[C@@](C)(C(=O)OC(C)(C)C)N(c1ccccc1)c1ccccc1)C(=O)N1CCC[C@H]1C(=O)N1CCC[C@H]1C(=O)O. The van der Waals surface area contributed by atoms with Crippen molar-refractivity contribution < 1.29 is 33.8 Å². The lowest BCUT2D eigenvalue weighted by Crippen LogP contribution is -2.65. The molecule has 0 unspecified atom stereocenters. The Labute approximate surface area is 270 Å². The summed E-state index contributed by atoms with van der Waals surface area (Å²) in [5.41, 5.74) is -1.76. The number of ether oxygens (including phenoxy) is 1. The van der Waals surface area contributed by atoms with Crippen LogP contribution in [0, 0.1) is 5.92 Å². The summed E-state index contributed by atoms with van der Waals surface area (Å²) in [6, 6.07) is 15.2. The van der Waals surface area contributed by atoms with Crippen molar-refractivity contribution >= 4 is 41.0 Å². The van der Waals surface area contributed by atoms with Gasteiger partial charge in [-0.2, -0.15) is 0 Å². The van der Waals surface area contributed by atoms with E-state index in [0.29, 0.717) is 50.1 Å². The minimum absolute atomic E-state index is 0.295. The van der Waals surface area contributed by atoms with Gasteiger partial charge in [0, 0.05) is 24.5 Å². The van der Waals surface area contributed by atoms with Crippen molar-refractivity contribution in [2.24, 2.45) is 5.92 Å². The van der Waals surface area contributed by atoms with Crippen molar-refractivity contribution in [3.63, 3.8) is 0 Å². The van der Waals surface area contributed by atoms with Crippen molar-refractivity contribution in [2.75, 3.05) is 18.0 Å². The fraction of sp³-hybridized carbons (Fsp3) is 0.514. The van der Waals surface area contributed by atoms with E-state index in [-0.39, 0.29) is 5.91 Å². The summed E-state index contributed by atoms with van der Waals surface area (Å²) < 4.78 is 5.85. The average Bonchev–Trinajstić information content (AvgIpc) is 3.70. The molecule has 2 saturated heterocycles. The molecule has 3 amide bonds. The summed E-state index contributed by atoms with van der Waals surface area (Å²) in [5, 5.41) is 12.5. The predicted molar refractivity (Wildman–Crippen MR) is 173 cm³/mol. The molecule has 0 spiro atoms. The van der Waals surface area contributed by atoms with Gasteiger partial charge in [0.2, 0.25) is 17.4 Å². The third-order valence-corrected chi connectivity index (χ3v) is 8.58. The van der Waals surface area contributed by atoms with E-state index in [2.05, 4.69) is 5.32 Å². The van der Waals surface area contributed by atoms with Crippen LogP contribution in [0.4, 0.5) is 11.4 Å². The third kappa shape index (κ3) is 7.18. The molecule has 2 aromatic rings. The lowest BCUT2D eigenvalue weighted by Gasteiger charge is -2.42. The molecule has 11 nitrogen and oxygen atoms in total. The van der Waals surface area contributed by atoms with E-state index in [4.69, 9.17) is 4.74 Å². The van der Waals surface area contributed by atoms with Crippen molar-refractivity contribution in [1.29, 1.82) is 0 Å². The van der Waals surface area contributed by atoms with E-state index in [0.717, 1.165) is 0 Å². The van der Waals surface area contributed by atoms with E-state index < -0.39 is 58.9 Å². The maximum absolute atomic E-state index is 14.6. The topological polar surface area (TPSA) is 137 Å². The molecule has 11 heteroatoms. The highest BCUT2D eigenvalue weighted by molar-refractivity contribution is 6.13. The van der Waals surface area contributed by atoms with Gasteiger partial charge in [-0.1, -0.05) is 50.2 Å². The van der Waals surface area contributed by atoms with Crippen LogP contribution in [-0.4, -0.2) is 86.9 Å². The molecule has 0 saturated carbocycles. The Bertz CT molecular complexity index is 1390. The number of carboxylic acid groups (broad SMARTS) is 1. The molecule has 0 aliphatic carbocycles. The molecular weight excluding hydrogens is 588 g/mol. The molecule has 4 rings (SSSR count). The van der Waals surface area contributed by atoms with Crippen LogP contribution in [-0.2, 0) is 28.7 Å². The molecule has 2 fully saturated rings. The monoisotopic (exact) mass is 634 g/mol. The van der Waals surface area contributed by atoms with Crippen molar-refractivity contribution in [3.8, 4) is 0 Å². The zero-order chi connectivity index (χ0) is 33.8. The van der Waals surface area contributed by atoms with Gasteiger partial charge in [0.15, 0.2) is 0 Å². The van der Waals surface area contributed by atoms with E-state index in [1.165, 1.54) is 16.7 Å². The Morgan fingerprint density at radius 1 is 0.826 bits per heavy atom. The molecule has 2 aliphatic heterocycles. The first-order valence-electron chi connectivity index (χ1n) is 15.9. The predicted octanol–water partition coefficient (Wildman–Crippen LogP) is 4.13. The smallest absolute Gasteiger partial charge is 0.342 e. The summed E-state index contributed by atoms with van der Waals surface area (Å²) in [6.45, 7) is 10.8. The van der Waals surface area contributed by atoms with E-state index >= 15 is 0 Å². The zero-order valence-corrected chi connectivity index (χ0v) is 27.6. The van der Waals surface area contributed by atoms with Crippen molar-refractivity contribution in [1.82, 2.24) is 15.1 Å². The molecule has 2 heterocycles. The number of para-hydroxylation sites is 2. The number of nitrogens with one attached hydrogen (secondary N) is 1. The first-order chi connectivity index (χ1) is 21.7. The van der Waals surface area contributed by atoms with Gasteiger partial charge in [0.05, 0.1) is 0 Å². The normalized spacial score (nSPS) is 20.2. The Kier molecular flexibility index (Phi) is 10.4. The largest absolute Gasteiger partial charge is 0.480 e. The number of carbonyl (C=O) groups is 5. The van der Waals surface area contributed by atoms with E-state index in [9.17, 15) is 29.1 Å². The average molecular weight is 635 g/mol. The van der Waals surface area contributed by atoms with E-state index in [1.54, 1.807) is 88.0 Å². The highest BCUT2D eigenvalue weighted by Crippen LogP contribution is 2.36. The molecule has 0 bridgehead atoms. The number of rotatable bonds is 10. The number of carboxylic acids is 1. The second-order valence-corrected chi connectivity index (χ2v) is 13.5. The molecular formula is C35H46N4O7. The maximum atomic E-state index is 14.6. The third-order valence-electron chi connectivity index (χ3n) is 8.58. The van der Waals surface area contributed by atoms with Crippen LogP contribution in [0.1, 0.15) is 67.2 Å². The number of hydrogen-bond acceptors (Lipinski definition) is 7. The second-order valence-electron chi connectivity index (χ2n) is 13.5. The summed E-state index contributed by atoms with van der Waals surface area (Å²) in [6.07, 6.45) is 1.92. The van der Waals surface area contributed by atoms with Crippen LogP contribution in [0.5, 0.6) is 0 Å². The number of anilines is 2. The zero-order valence-electron chi connectivity index (χ0n) is 27.6. The highest BCUT2D eigenvalue weighted by atomic mass is 16.6. The Balaban J connectivity index is 1.70. The van der Waals surface area contributed by atoms with E-state index in [1.807, 2.05) is 12.1 Å². The summed E-state index contributed by atoms with van der Waals surface area (Å²) >= 11 is 0. The van der Waals surface area contributed by atoms with Crippen molar-refractivity contribution in [2.45, 2.75) is 96.5 Å². The molecule has 2 N–H and O–H groups in total. The molecule has 0 radical (unpaired) electrons. The summed E-state index contributed by atoms with van der Waals surface area (Å²) in [4.78, 5) is 72.8. The van der Waals surface area contributed by atoms with Gasteiger partial charge in [-0.25, -0.2) is 9.59 Å². The Morgan fingerprint density at radius 3 is 1.80 bits per heavy atom. The van der Waals surface area contributed by atoms with Crippen LogP contribution >= 0.6 is 0 Å². The highest BCUT2D eigenvalue weighted by Gasteiger charge is 2.52. The number of likely N-dealkylation sites (tertiary alicyclic amines) is 2. The first-order valence-corrected chi connectivity index (χ1v) is 15.9. The van der Waals surface area contributed by atoms with Gasteiger partial charge in [0.1, 0.15) is 23.7 Å². The molecule has 0 aromatic heterocycles. The van der Waals surface area contributed by atoms with Crippen LogP contribution in [0.25, 0.3) is 0 Å². The van der Waals surface area contributed by atoms with Crippen molar-refractivity contribution in [3.05, 3.63) is 60.7 Å². The number of nitrogens with zero attached hydrogens (tertiary/aromatic N) is 3. The Hall–Kier alpha value is -4.41. The number of esters is 1. The van der Waals surface area contributed by atoms with Gasteiger partial charge in [-0.3, -0.25) is 14.4 Å². The van der Waals surface area contributed by atoms with Crippen LogP contribution in [0.2, 0.25) is 0 Å². The number of aliphatic carboxylic acids is 1. The molecule has 46 heavy (non-hydrogen) atoms. The minimum atomic E-state index is -1.96. The number of carbonyl (C=O) groups excluding carboxylic acids is 4. The van der Waals surface area contributed by atoms with Gasteiger partial charge < -0.3 is 29.9 Å². The van der Waals surface area contributed by atoms with Gasteiger partial charge in [-0.15, -0.1) is 0 Å². The summed E-state index contributed by atoms with van der Waals surface area (Å²) in [7, 11) is 0. The molecule has 2 aromatic carbocycles. The number of hydrogen-bond donors (Lipinski definition) is 2. The first kappa shape index (κ1) is 34.5. The standard InChI is InChI=1S/C35H46N4O7/c1-23(2)28(30(41)37-21-13-19-26(37)29(40)38-22-14-20-27(38)31(42)43)36-32(44)35(6,33(45)46-34(3,4)5)39(24-15-9-7-10-16-24)25-17-11-8-12-18-25/h7-12,15-18,23,26-28H,13-14,19-22H2,1-6H3,(H,36,44)(H,42,43)/t26-,27-,28-,35-/m0/s1. The fourth-order valence-electron chi connectivity index (χ4n) is 6.22. The van der Waals surface area contributed by atoms with Crippen LogP contribution in [0.3, 0.4) is 0 Å². The van der Waals surface area contributed by atoms with Gasteiger partial charge in [-0.05, 0) is 83.6 Å². The second kappa shape index (κ2) is 13.9. The molecule has 4 atom stereocenters.